The van der Waals surface area contributed by atoms with Gasteiger partial charge in [-0.05, 0) is 23.5 Å². The third-order valence-electron chi connectivity index (χ3n) is 4.06. The average Bonchev–Trinajstić information content (AvgIpc) is 3.34. The zero-order chi connectivity index (χ0) is 15.5. The summed E-state index contributed by atoms with van der Waals surface area (Å²) in [5.74, 6) is -0.489. The van der Waals surface area contributed by atoms with Gasteiger partial charge >= 0.3 is 0 Å². The Balaban J connectivity index is 1.67. The van der Waals surface area contributed by atoms with Gasteiger partial charge in [0.05, 0.1) is 0 Å². The first-order chi connectivity index (χ1) is 10.7. The number of carbonyl (C=O) groups is 2. The first kappa shape index (κ1) is 14.3. The van der Waals surface area contributed by atoms with E-state index in [-0.39, 0.29) is 17.7 Å². The number of nitrogens with two attached hydrogens (primary N) is 1. The van der Waals surface area contributed by atoms with E-state index in [1.165, 1.54) is 0 Å². The van der Waals surface area contributed by atoms with E-state index in [2.05, 4.69) is 5.32 Å². The Kier molecular flexibility index (Phi) is 3.92. The van der Waals surface area contributed by atoms with Crippen LogP contribution in [-0.4, -0.2) is 11.8 Å². The molecule has 0 saturated heterocycles. The van der Waals surface area contributed by atoms with Crippen molar-refractivity contribution in [2.75, 3.05) is 0 Å². The number of amides is 2. The molecule has 0 spiro atoms. The summed E-state index contributed by atoms with van der Waals surface area (Å²) < 4.78 is 0. The summed E-state index contributed by atoms with van der Waals surface area (Å²) in [6.45, 7) is 0. The van der Waals surface area contributed by atoms with Gasteiger partial charge in [0.25, 0.3) is 0 Å². The Morgan fingerprint density at radius 2 is 1.59 bits per heavy atom. The van der Waals surface area contributed by atoms with Crippen LogP contribution in [0.1, 0.15) is 29.5 Å². The molecule has 0 aromatic heterocycles. The molecule has 0 bridgehead atoms. The van der Waals surface area contributed by atoms with Gasteiger partial charge < -0.3 is 11.1 Å². The molecule has 1 aliphatic carbocycles. The van der Waals surface area contributed by atoms with E-state index in [4.69, 9.17) is 5.73 Å². The summed E-state index contributed by atoms with van der Waals surface area (Å²) >= 11 is 0. The van der Waals surface area contributed by atoms with E-state index in [1.54, 1.807) is 12.1 Å². The van der Waals surface area contributed by atoms with E-state index in [0.717, 1.165) is 12.0 Å². The largest absolute Gasteiger partial charge is 0.368 e. The number of benzene rings is 2. The molecule has 0 aliphatic heterocycles. The number of hydrogen-bond acceptors (Lipinski definition) is 2. The van der Waals surface area contributed by atoms with Crippen LogP contribution < -0.4 is 11.1 Å². The summed E-state index contributed by atoms with van der Waals surface area (Å²) in [4.78, 5) is 24.0. The SMILES string of the molecule is NC(=O)[C@@H](NC(=O)C1C[C@@H]1c1ccccc1)c1ccccc1. The molecule has 112 valence electrons. The zero-order valence-corrected chi connectivity index (χ0v) is 12.1. The maximum absolute atomic E-state index is 12.4. The van der Waals surface area contributed by atoms with Gasteiger partial charge in [-0.15, -0.1) is 0 Å². The summed E-state index contributed by atoms with van der Waals surface area (Å²) in [5.41, 5.74) is 7.30. The molecule has 1 unspecified atom stereocenters. The van der Waals surface area contributed by atoms with Gasteiger partial charge in [-0.25, -0.2) is 0 Å². The maximum Gasteiger partial charge on any atom is 0.244 e. The van der Waals surface area contributed by atoms with Crippen molar-refractivity contribution >= 4 is 11.8 Å². The van der Waals surface area contributed by atoms with E-state index in [0.29, 0.717) is 5.56 Å². The monoisotopic (exact) mass is 294 g/mol. The predicted octanol–water partition coefficient (Wildman–Crippen LogP) is 2.13. The van der Waals surface area contributed by atoms with E-state index in [1.807, 2.05) is 48.5 Å². The van der Waals surface area contributed by atoms with Crippen molar-refractivity contribution in [3.8, 4) is 0 Å². The second kappa shape index (κ2) is 6.02. The van der Waals surface area contributed by atoms with Crippen molar-refractivity contribution in [3.63, 3.8) is 0 Å². The molecule has 1 aliphatic rings. The topological polar surface area (TPSA) is 72.2 Å². The second-order valence-electron chi connectivity index (χ2n) is 5.61. The molecule has 4 heteroatoms. The number of hydrogen-bond donors (Lipinski definition) is 2. The highest BCUT2D eigenvalue weighted by Crippen LogP contribution is 2.47. The minimum Gasteiger partial charge on any atom is -0.368 e. The lowest BCUT2D eigenvalue weighted by atomic mass is 10.1. The summed E-state index contributed by atoms with van der Waals surface area (Å²) in [5, 5.41) is 2.78. The Hall–Kier alpha value is -2.62. The van der Waals surface area contributed by atoms with Crippen LogP contribution >= 0.6 is 0 Å². The zero-order valence-electron chi connectivity index (χ0n) is 12.1. The van der Waals surface area contributed by atoms with Crippen LogP contribution in [0.3, 0.4) is 0 Å². The smallest absolute Gasteiger partial charge is 0.244 e. The van der Waals surface area contributed by atoms with Crippen molar-refractivity contribution < 1.29 is 9.59 Å². The Bertz CT molecular complexity index is 670. The van der Waals surface area contributed by atoms with Crippen LogP contribution in [-0.2, 0) is 9.59 Å². The molecule has 1 saturated carbocycles. The highest BCUT2D eigenvalue weighted by Gasteiger charge is 2.44. The van der Waals surface area contributed by atoms with Gasteiger partial charge in [0, 0.05) is 5.92 Å². The maximum atomic E-state index is 12.4. The van der Waals surface area contributed by atoms with Gasteiger partial charge in [0.15, 0.2) is 0 Å². The second-order valence-corrected chi connectivity index (χ2v) is 5.61. The lowest BCUT2D eigenvalue weighted by Gasteiger charge is -2.16. The van der Waals surface area contributed by atoms with Gasteiger partial charge in [-0.2, -0.15) is 0 Å². The molecule has 2 aromatic rings. The van der Waals surface area contributed by atoms with Gasteiger partial charge in [0.1, 0.15) is 6.04 Å². The fourth-order valence-corrected chi connectivity index (χ4v) is 2.77. The van der Waals surface area contributed by atoms with Crippen molar-refractivity contribution in [3.05, 3.63) is 71.8 Å². The summed E-state index contributed by atoms with van der Waals surface area (Å²) in [6.07, 6.45) is 0.816. The van der Waals surface area contributed by atoms with Gasteiger partial charge in [-0.3, -0.25) is 9.59 Å². The highest BCUT2D eigenvalue weighted by molar-refractivity contribution is 5.90. The van der Waals surface area contributed by atoms with Gasteiger partial charge in [-0.1, -0.05) is 60.7 Å². The molecule has 2 aromatic carbocycles. The summed E-state index contributed by atoms with van der Waals surface area (Å²) in [7, 11) is 0. The highest BCUT2D eigenvalue weighted by atomic mass is 16.2. The van der Waals surface area contributed by atoms with Crippen molar-refractivity contribution in [2.24, 2.45) is 11.7 Å². The lowest BCUT2D eigenvalue weighted by Crippen LogP contribution is -2.38. The minimum absolute atomic E-state index is 0.0760. The van der Waals surface area contributed by atoms with Crippen LogP contribution in [0.4, 0.5) is 0 Å². The molecular weight excluding hydrogens is 276 g/mol. The molecule has 2 amide bonds. The number of primary amides is 1. The van der Waals surface area contributed by atoms with E-state index in [9.17, 15) is 9.59 Å². The normalized spacial score (nSPS) is 20.9. The quantitative estimate of drug-likeness (QED) is 0.886. The standard InChI is InChI=1S/C18H18N2O2/c19-17(21)16(13-9-5-2-6-10-13)20-18(22)15-11-14(15)12-7-3-1-4-8-12/h1-10,14-16H,11H2,(H2,19,21)(H,20,22)/t14-,15?,16+/m1/s1. The number of nitrogens with one attached hydrogen (secondary N) is 1. The first-order valence-corrected chi connectivity index (χ1v) is 7.36. The van der Waals surface area contributed by atoms with Crippen LogP contribution in [0.2, 0.25) is 0 Å². The van der Waals surface area contributed by atoms with E-state index >= 15 is 0 Å². The van der Waals surface area contributed by atoms with Crippen molar-refractivity contribution in [2.45, 2.75) is 18.4 Å². The predicted molar refractivity (Wildman–Crippen MR) is 83.8 cm³/mol. The van der Waals surface area contributed by atoms with Crippen LogP contribution in [0.5, 0.6) is 0 Å². The molecule has 0 radical (unpaired) electrons. The van der Waals surface area contributed by atoms with Crippen molar-refractivity contribution in [1.29, 1.82) is 0 Å². The molecule has 3 rings (SSSR count). The third kappa shape index (κ3) is 3.01. The Morgan fingerprint density at radius 3 is 2.18 bits per heavy atom. The van der Waals surface area contributed by atoms with Crippen LogP contribution in [0, 0.1) is 5.92 Å². The third-order valence-corrected chi connectivity index (χ3v) is 4.06. The van der Waals surface area contributed by atoms with Gasteiger partial charge in [0.2, 0.25) is 11.8 Å². The Labute approximate surface area is 129 Å². The number of rotatable bonds is 5. The number of carbonyl (C=O) groups excluding carboxylic acids is 2. The lowest BCUT2D eigenvalue weighted by molar-refractivity contribution is -0.128. The molecule has 3 atom stereocenters. The molecular formula is C18H18N2O2. The minimum atomic E-state index is -0.772. The molecule has 22 heavy (non-hydrogen) atoms. The Morgan fingerprint density at radius 1 is 1.00 bits per heavy atom. The molecule has 3 N–H and O–H groups in total. The fourth-order valence-electron chi connectivity index (χ4n) is 2.77. The average molecular weight is 294 g/mol. The molecule has 1 fully saturated rings. The summed E-state index contributed by atoms with van der Waals surface area (Å²) in [6, 6.07) is 18.3. The molecule has 0 heterocycles. The first-order valence-electron chi connectivity index (χ1n) is 7.36. The van der Waals surface area contributed by atoms with Crippen molar-refractivity contribution in [1.82, 2.24) is 5.32 Å². The van der Waals surface area contributed by atoms with Crippen LogP contribution in [0.25, 0.3) is 0 Å². The van der Waals surface area contributed by atoms with Crippen LogP contribution in [0.15, 0.2) is 60.7 Å². The van der Waals surface area contributed by atoms with E-state index < -0.39 is 11.9 Å². The molecule has 4 nitrogen and oxygen atoms in total. The fraction of sp³-hybridized carbons (Fsp3) is 0.222.